The minimum atomic E-state index is -0.409. The molecule has 0 atom stereocenters. The summed E-state index contributed by atoms with van der Waals surface area (Å²) in [5.41, 5.74) is 1.96. The lowest BCUT2D eigenvalue weighted by atomic mass is 10.1. The lowest BCUT2D eigenvalue weighted by Gasteiger charge is -1.96. The number of rotatable bonds is 2. The van der Waals surface area contributed by atoms with Crippen LogP contribution < -0.4 is 0 Å². The van der Waals surface area contributed by atoms with Crippen molar-refractivity contribution in [1.29, 1.82) is 0 Å². The quantitative estimate of drug-likeness (QED) is 0.770. The fourth-order valence-corrected chi connectivity index (χ4v) is 1.74. The highest BCUT2D eigenvalue weighted by Gasteiger charge is 2.14. The number of carbonyl (C=O) groups excluding carboxylic acids is 1. The van der Waals surface area contributed by atoms with Gasteiger partial charge in [-0.2, -0.15) is 5.10 Å². The monoisotopic (exact) mass is 250 g/mol. The third kappa shape index (κ3) is 2.31. The molecule has 0 unspecified atom stereocenters. The average molecular weight is 251 g/mol. The van der Waals surface area contributed by atoms with E-state index in [1.807, 2.05) is 12.1 Å². The average Bonchev–Trinajstić information content (AvgIpc) is 2.70. The van der Waals surface area contributed by atoms with Gasteiger partial charge in [0.2, 0.25) is 0 Å². The first-order valence-electron chi connectivity index (χ1n) is 5.00. The molecule has 88 valence electrons. The summed E-state index contributed by atoms with van der Waals surface area (Å²) in [4.78, 5) is 11.4. The van der Waals surface area contributed by atoms with Crippen LogP contribution in [0.4, 0.5) is 0 Å². The number of hydrogen-bond donors (Lipinski definition) is 0. The zero-order chi connectivity index (χ0) is 12.4. The summed E-state index contributed by atoms with van der Waals surface area (Å²) in [6.45, 7) is 0. The topological polar surface area (TPSA) is 44.1 Å². The predicted molar refractivity (Wildman–Crippen MR) is 65.0 cm³/mol. The second-order valence-electron chi connectivity index (χ2n) is 3.54. The normalized spacial score (nSPS) is 10.3. The number of methoxy groups -OCH3 is 1. The lowest BCUT2D eigenvalue weighted by Crippen LogP contribution is -2.07. The van der Waals surface area contributed by atoms with E-state index in [4.69, 9.17) is 11.6 Å². The summed E-state index contributed by atoms with van der Waals surface area (Å²) in [6.07, 6.45) is 0. The number of ether oxygens (including phenoxy) is 1. The molecule has 0 saturated heterocycles. The van der Waals surface area contributed by atoms with Crippen molar-refractivity contribution in [3.8, 4) is 11.3 Å². The van der Waals surface area contributed by atoms with Crippen molar-refractivity contribution in [3.63, 3.8) is 0 Å². The highest BCUT2D eigenvalue weighted by atomic mass is 35.5. The smallest absolute Gasteiger partial charge is 0.356 e. The van der Waals surface area contributed by atoms with E-state index in [0.29, 0.717) is 16.4 Å². The summed E-state index contributed by atoms with van der Waals surface area (Å²) in [5.74, 6) is -0.409. The van der Waals surface area contributed by atoms with E-state index >= 15 is 0 Å². The fraction of sp³-hybridized carbons (Fsp3) is 0.167. The summed E-state index contributed by atoms with van der Waals surface area (Å²) in [5, 5.41) is 4.88. The second-order valence-corrected chi connectivity index (χ2v) is 3.98. The van der Waals surface area contributed by atoms with Crippen LogP contribution in [0.15, 0.2) is 30.3 Å². The van der Waals surface area contributed by atoms with Crippen LogP contribution in [0.1, 0.15) is 10.5 Å². The van der Waals surface area contributed by atoms with Crippen molar-refractivity contribution in [2.45, 2.75) is 0 Å². The van der Waals surface area contributed by atoms with Gasteiger partial charge in [-0.15, -0.1) is 0 Å². The van der Waals surface area contributed by atoms with Gasteiger partial charge in [-0.3, -0.25) is 4.68 Å². The standard InChI is InChI=1S/C12H11ClN2O2/c1-15-11(12(16)17-2)7-10(14-15)8-4-3-5-9(13)6-8/h3-7H,1-2H3. The molecule has 2 aromatic rings. The van der Waals surface area contributed by atoms with Crippen LogP contribution >= 0.6 is 11.6 Å². The SMILES string of the molecule is COC(=O)c1cc(-c2cccc(Cl)c2)nn1C. The molecule has 0 spiro atoms. The predicted octanol–water partition coefficient (Wildman–Crippen LogP) is 2.53. The Morgan fingerprint density at radius 1 is 1.41 bits per heavy atom. The number of aromatic nitrogens is 2. The molecule has 1 aromatic carbocycles. The number of hydrogen-bond acceptors (Lipinski definition) is 3. The first-order valence-corrected chi connectivity index (χ1v) is 5.38. The van der Waals surface area contributed by atoms with Gasteiger partial charge in [0.1, 0.15) is 5.69 Å². The molecule has 0 aliphatic rings. The number of aryl methyl sites for hydroxylation is 1. The van der Waals surface area contributed by atoms with Crippen LogP contribution in [0.25, 0.3) is 11.3 Å². The van der Waals surface area contributed by atoms with Gasteiger partial charge in [0, 0.05) is 17.6 Å². The Morgan fingerprint density at radius 3 is 2.82 bits per heavy atom. The number of esters is 1. The maximum atomic E-state index is 11.4. The van der Waals surface area contributed by atoms with Gasteiger partial charge >= 0.3 is 5.97 Å². The van der Waals surface area contributed by atoms with Crippen molar-refractivity contribution in [3.05, 3.63) is 41.0 Å². The Bertz CT molecular complexity index is 563. The number of benzene rings is 1. The summed E-state index contributed by atoms with van der Waals surface area (Å²) in [7, 11) is 3.04. The molecule has 1 heterocycles. The van der Waals surface area contributed by atoms with Crippen LogP contribution in [0.2, 0.25) is 5.02 Å². The molecule has 17 heavy (non-hydrogen) atoms. The highest BCUT2D eigenvalue weighted by Crippen LogP contribution is 2.22. The summed E-state index contributed by atoms with van der Waals surface area (Å²) < 4.78 is 6.15. The van der Waals surface area contributed by atoms with Crippen LogP contribution in [-0.2, 0) is 11.8 Å². The molecular formula is C12H11ClN2O2. The Morgan fingerprint density at radius 2 is 2.18 bits per heavy atom. The molecule has 4 nitrogen and oxygen atoms in total. The first-order chi connectivity index (χ1) is 8.11. The van der Waals surface area contributed by atoms with Gasteiger partial charge in [0.15, 0.2) is 0 Å². The van der Waals surface area contributed by atoms with Crippen molar-refractivity contribution >= 4 is 17.6 Å². The molecule has 0 radical (unpaired) electrons. The third-order valence-electron chi connectivity index (χ3n) is 2.39. The Kier molecular flexibility index (Phi) is 3.15. The zero-order valence-electron chi connectivity index (χ0n) is 9.48. The maximum Gasteiger partial charge on any atom is 0.356 e. The molecule has 0 saturated carbocycles. The van der Waals surface area contributed by atoms with Crippen molar-refractivity contribution < 1.29 is 9.53 Å². The summed E-state index contributed by atoms with van der Waals surface area (Å²) in [6, 6.07) is 8.98. The zero-order valence-corrected chi connectivity index (χ0v) is 10.2. The molecule has 0 N–H and O–H groups in total. The minimum Gasteiger partial charge on any atom is -0.464 e. The Balaban J connectivity index is 2.44. The van der Waals surface area contributed by atoms with Gasteiger partial charge in [0.25, 0.3) is 0 Å². The van der Waals surface area contributed by atoms with E-state index in [1.165, 1.54) is 11.8 Å². The largest absolute Gasteiger partial charge is 0.464 e. The van der Waals surface area contributed by atoms with Crippen molar-refractivity contribution in [2.75, 3.05) is 7.11 Å². The maximum absolute atomic E-state index is 11.4. The molecule has 5 heteroatoms. The Hall–Kier alpha value is -1.81. The van der Waals surface area contributed by atoms with E-state index in [0.717, 1.165) is 5.56 Å². The molecule has 0 fully saturated rings. The van der Waals surface area contributed by atoms with Crippen LogP contribution in [0, 0.1) is 0 Å². The fourth-order valence-electron chi connectivity index (χ4n) is 1.55. The molecule has 0 amide bonds. The number of carbonyl (C=O) groups is 1. The van der Waals surface area contributed by atoms with Gasteiger partial charge in [0.05, 0.1) is 12.8 Å². The minimum absolute atomic E-state index is 0.405. The van der Waals surface area contributed by atoms with Crippen LogP contribution in [0.5, 0.6) is 0 Å². The van der Waals surface area contributed by atoms with Gasteiger partial charge in [-0.05, 0) is 18.2 Å². The van der Waals surface area contributed by atoms with E-state index < -0.39 is 5.97 Å². The van der Waals surface area contributed by atoms with Gasteiger partial charge in [-0.25, -0.2) is 4.79 Å². The molecule has 0 aliphatic carbocycles. The summed E-state index contributed by atoms with van der Waals surface area (Å²) >= 11 is 5.90. The third-order valence-corrected chi connectivity index (χ3v) is 2.63. The number of halogens is 1. The molecule has 0 aliphatic heterocycles. The van der Waals surface area contributed by atoms with Crippen LogP contribution in [-0.4, -0.2) is 22.9 Å². The lowest BCUT2D eigenvalue weighted by molar-refractivity contribution is 0.0588. The van der Waals surface area contributed by atoms with E-state index in [1.54, 1.807) is 25.2 Å². The van der Waals surface area contributed by atoms with Crippen molar-refractivity contribution in [2.24, 2.45) is 7.05 Å². The van der Waals surface area contributed by atoms with Gasteiger partial charge in [-0.1, -0.05) is 23.7 Å². The van der Waals surface area contributed by atoms with E-state index in [-0.39, 0.29) is 0 Å². The van der Waals surface area contributed by atoms with Crippen molar-refractivity contribution in [1.82, 2.24) is 9.78 Å². The molecule has 1 aromatic heterocycles. The van der Waals surface area contributed by atoms with E-state index in [9.17, 15) is 4.79 Å². The number of nitrogens with zero attached hydrogens (tertiary/aromatic N) is 2. The van der Waals surface area contributed by atoms with Gasteiger partial charge < -0.3 is 4.74 Å². The van der Waals surface area contributed by atoms with Crippen LogP contribution in [0.3, 0.4) is 0 Å². The Labute approximate surface area is 104 Å². The molecular weight excluding hydrogens is 240 g/mol. The van der Waals surface area contributed by atoms with E-state index in [2.05, 4.69) is 9.84 Å². The molecule has 0 bridgehead atoms. The molecule has 2 rings (SSSR count). The second kappa shape index (κ2) is 4.59. The highest BCUT2D eigenvalue weighted by molar-refractivity contribution is 6.30. The first kappa shape index (κ1) is 11.7.